The van der Waals surface area contributed by atoms with Gasteiger partial charge in [-0.25, -0.2) is 0 Å². The Morgan fingerprint density at radius 2 is 2.12 bits per heavy atom. The SMILES string of the molecule is CC(NC(=O)c1n[nH]c2c1CNCC2)c1nc(C(C)(C)C)no1.Cl. The van der Waals surface area contributed by atoms with E-state index in [4.69, 9.17) is 4.52 Å². The molecule has 0 saturated heterocycles. The van der Waals surface area contributed by atoms with Gasteiger partial charge in [0.15, 0.2) is 11.5 Å². The Balaban J connectivity index is 0.00000208. The van der Waals surface area contributed by atoms with Crippen molar-refractivity contribution in [3.05, 3.63) is 28.7 Å². The van der Waals surface area contributed by atoms with Gasteiger partial charge in [0, 0.05) is 36.2 Å². The van der Waals surface area contributed by atoms with Gasteiger partial charge in [-0.05, 0) is 6.92 Å². The number of halogens is 1. The average molecular weight is 355 g/mol. The van der Waals surface area contributed by atoms with Crippen molar-refractivity contribution in [2.75, 3.05) is 6.54 Å². The number of nitrogens with one attached hydrogen (secondary N) is 3. The van der Waals surface area contributed by atoms with Gasteiger partial charge in [-0.2, -0.15) is 10.1 Å². The molecule has 1 atom stereocenters. The van der Waals surface area contributed by atoms with Crippen LogP contribution in [-0.2, 0) is 18.4 Å². The van der Waals surface area contributed by atoms with Gasteiger partial charge in [-0.15, -0.1) is 12.4 Å². The molecule has 132 valence electrons. The van der Waals surface area contributed by atoms with E-state index in [-0.39, 0.29) is 29.8 Å². The number of fused-ring (bicyclic) bond motifs is 1. The summed E-state index contributed by atoms with van der Waals surface area (Å²) >= 11 is 0. The van der Waals surface area contributed by atoms with Crippen molar-refractivity contribution in [1.29, 1.82) is 0 Å². The molecular formula is C15H23ClN6O2. The number of hydrogen-bond acceptors (Lipinski definition) is 6. The zero-order valence-electron chi connectivity index (χ0n) is 14.3. The van der Waals surface area contributed by atoms with Crippen molar-refractivity contribution < 1.29 is 9.32 Å². The fourth-order valence-electron chi connectivity index (χ4n) is 2.46. The van der Waals surface area contributed by atoms with Crippen molar-refractivity contribution in [2.45, 2.75) is 52.1 Å². The van der Waals surface area contributed by atoms with Crippen molar-refractivity contribution >= 4 is 18.3 Å². The smallest absolute Gasteiger partial charge is 0.272 e. The molecule has 0 radical (unpaired) electrons. The quantitative estimate of drug-likeness (QED) is 0.773. The minimum absolute atomic E-state index is 0. The zero-order chi connectivity index (χ0) is 16.6. The monoisotopic (exact) mass is 354 g/mol. The summed E-state index contributed by atoms with van der Waals surface area (Å²) in [4.78, 5) is 16.8. The van der Waals surface area contributed by atoms with E-state index in [2.05, 4.69) is 31.0 Å². The molecule has 2 aromatic heterocycles. The van der Waals surface area contributed by atoms with Crippen LogP contribution in [0, 0.1) is 0 Å². The van der Waals surface area contributed by atoms with Crippen LogP contribution >= 0.6 is 12.4 Å². The van der Waals surface area contributed by atoms with Gasteiger partial charge >= 0.3 is 0 Å². The average Bonchev–Trinajstić information content (AvgIpc) is 3.14. The summed E-state index contributed by atoms with van der Waals surface area (Å²) in [5.41, 5.74) is 2.18. The van der Waals surface area contributed by atoms with E-state index in [0.717, 1.165) is 24.2 Å². The lowest BCUT2D eigenvalue weighted by Gasteiger charge is -2.14. The predicted octanol–water partition coefficient (Wildman–Crippen LogP) is 1.65. The molecule has 8 nitrogen and oxygen atoms in total. The molecule has 2 aromatic rings. The number of hydrogen-bond donors (Lipinski definition) is 3. The number of rotatable bonds is 3. The number of aromatic amines is 1. The summed E-state index contributed by atoms with van der Waals surface area (Å²) in [7, 11) is 0. The Morgan fingerprint density at radius 3 is 2.79 bits per heavy atom. The first kappa shape index (κ1) is 18.4. The molecule has 0 fully saturated rings. The normalized spacial score (nSPS) is 15.3. The zero-order valence-corrected chi connectivity index (χ0v) is 15.1. The highest BCUT2D eigenvalue weighted by molar-refractivity contribution is 5.94. The highest BCUT2D eigenvalue weighted by Gasteiger charge is 2.26. The first-order valence-electron chi connectivity index (χ1n) is 7.78. The fraction of sp³-hybridized carbons (Fsp3) is 0.600. The van der Waals surface area contributed by atoms with Crippen molar-refractivity contribution in [3.63, 3.8) is 0 Å². The third kappa shape index (κ3) is 3.59. The van der Waals surface area contributed by atoms with Crippen molar-refractivity contribution in [1.82, 2.24) is 31.0 Å². The van der Waals surface area contributed by atoms with Crippen LogP contribution < -0.4 is 10.6 Å². The van der Waals surface area contributed by atoms with E-state index in [1.54, 1.807) is 0 Å². The first-order chi connectivity index (χ1) is 10.9. The van der Waals surface area contributed by atoms with Crippen LogP contribution in [0.4, 0.5) is 0 Å². The molecule has 0 aromatic carbocycles. The lowest BCUT2D eigenvalue weighted by molar-refractivity contribution is 0.0926. The van der Waals surface area contributed by atoms with Crippen LogP contribution in [0.25, 0.3) is 0 Å². The van der Waals surface area contributed by atoms with E-state index in [1.807, 2.05) is 27.7 Å². The molecule has 3 N–H and O–H groups in total. The highest BCUT2D eigenvalue weighted by atomic mass is 35.5. The van der Waals surface area contributed by atoms with Crippen LogP contribution in [0.5, 0.6) is 0 Å². The number of H-pyrrole nitrogens is 1. The molecule has 1 aliphatic rings. The van der Waals surface area contributed by atoms with Crippen LogP contribution in [0.15, 0.2) is 4.52 Å². The number of carbonyl (C=O) groups is 1. The Labute approximate surface area is 146 Å². The molecule has 3 rings (SSSR count). The maximum Gasteiger partial charge on any atom is 0.272 e. The minimum atomic E-state index is -0.380. The second kappa shape index (κ2) is 6.90. The Kier molecular flexibility index (Phi) is 5.29. The molecule has 0 saturated carbocycles. The Hall–Kier alpha value is -1.93. The summed E-state index contributed by atoms with van der Waals surface area (Å²) in [6.45, 7) is 9.38. The maximum absolute atomic E-state index is 12.5. The number of nitrogens with zero attached hydrogens (tertiary/aromatic N) is 3. The molecule has 9 heteroatoms. The number of amides is 1. The highest BCUT2D eigenvalue weighted by Crippen LogP contribution is 2.21. The summed E-state index contributed by atoms with van der Waals surface area (Å²) in [6, 6.07) is -0.380. The molecule has 1 aliphatic heterocycles. The standard InChI is InChI=1S/C15H22N6O2.ClH/c1-8(13-18-14(21-23-13)15(2,3)4)17-12(22)11-9-7-16-6-5-10(9)19-20-11;/h8,16H,5-7H2,1-4H3,(H,17,22)(H,19,20);1H. The lowest BCUT2D eigenvalue weighted by atomic mass is 9.96. The molecule has 3 heterocycles. The summed E-state index contributed by atoms with van der Waals surface area (Å²) in [5, 5.41) is 17.2. The van der Waals surface area contributed by atoms with Crippen LogP contribution in [-0.4, -0.2) is 32.8 Å². The van der Waals surface area contributed by atoms with Crippen LogP contribution in [0.3, 0.4) is 0 Å². The Bertz CT molecular complexity index is 718. The summed E-state index contributed by atoms with van der Waals surface area (Å²) in [5.74, 6) is 0.773. The summed E-state index contributed by atoms with van der Waals surface area (Å²) in [6.07, 6.45) is 0.851. The third-order valence-corrected chi connectivity index (χ3v) is 3.85. The molecule has 0 spiro atoms. The van der Waals surface area contributed by atoms with Crippen LogP contribution in [0.2, 0.25) is 0 Å². The largest absolute Gasteiger partial charge is 0.339 e. The maximum atomic E-state index is 12.5. The van der Waals surface area contributed by atoms with E-state index in [0.29, 0.717) is 24.0 Å². The van der Waals surface area contributed by atoms with E-state index in [1.165, 1.54) is 0 Å². The molecule has 24 heavy (non-hydrogen) atoms. The van der Waals surface area contributed by atoms with Crippen molar-refractivity contribution in [3.8, 4) is 0 Å². The van der Waals surface area contributed by atoms with Crippen LogP contribution in [0.1, 0.15) is 67.2 Å². The predicted molar refractivity (Wildman–Crippen MR) is 90.1 cm³/mol. The first-order valence-corrected chi connectivity index (χ1v) is 7.78. The van der Waals surface area contributed by atoms with Gasteiger partial charge in [-0.3, -0.25) is 9.89 Å². The van der Waals surface area contributed by atoms with E-state index in [9.17, 15) is 4.79 Å². The van der Waals surface area contributed by atoms with Gasteiger partial charge in [0.2, 0.25) is 5.89 Å². The lowest BCUT2D eigenvalue weighted by Crippen LogP contribution is -2.30. The van der Waals surface area contributed by atoms with Gasteiger partial charge < -0.3 is 15.2 Å². The van der Waals surface area contributed by atoms with Gasteiger partial charge in [0.25, 0.3) is 5.91 Å². The summed E-state index contributed by atoms with van der Waals surface area (Å²) < 4.78 is 5.27. The molecule has 0 bridgehead atoms. The van der Waals surface area contributed by atoms with Gasteiger partial charge in [0.05, 0.1) is 0 Å². The second-order valence-corrected chi connectivity index (χ2v) is 6.86. The molecule has 0 aliphatic carbocycles. The minimum Gasteiger partial charge on any atom is -0.339 e. The second-order valence-electron chi connectivity index (χ2n) is 6.86. The fourth-order valence-corrected chi connectivity index (χ4v) is 2.46. The Morgan fingerprint density at radius 1 is 1.38 bits per heavy atom. The topological polar surface area (TPSA) is 109 Å². The number of aromatic nitrogens is 4. The number of carbonyl (C=O) groups excluding carboxylic acids is 1. The molecule has 1 amide bonds. The van der Waals surface area contributed by atoms with Gasteiger partial charge in [0.1, 0.15) is 6.04 Å². The van der Waals surface area contributed by atoms with Crippen molar-refractivity contribution in [2.24, 2.45) is 0 Å². The third-order valence-electron chi connectivity index (χ3n) is 3.85. The van der Waals surface area contributed by atoms with E-state index >= 15 is 0 Å². The van der Waals surface area contributed by atoms with Gasteiger partial charge in [-0.1, -0.05) is 25.9 Å². The molecular weight excluding hydrogens is 332 g/mol. The van der Waals surface area contributed by atoms with E-state index < -0.39 is 0 Å². The molecule has 1 unspecified atom stereocenters.